The molecule has 20 heavy (non-hydrogen) atoms. The number of hydrogen-bond acceptors (Lipinski definition) is 2. The lowest BCUT2D eigenvalue weighted by Gasteiger charge is -2.14. The van der Waals surface area contributed by atoms with Crippen LogP contribution in [-0.4, -0.2) is 16.9 Å². The largest absolute Gasteiger partial charge is 0.349 e. The molecule has 1 heterocycles. The number of benzene rings is 1. The van der Waals surface area contributed by atoms with Gasteiger partial charge in [0.15, 0.2) is 0 Å². The molecule has 1 amide bonds. The number of nitrogens with one attached hydrogen (secondary N) is 1. The minimum absolute atomic E-state index is 0.0393. The van der Waals surface area contributed by atoms with E-state index in [4.69, 9.17) is 0 Å². The highest BCUT2D eigenvalue weighted by Gasteiger charge is 2.10. The summed E-state index contributed by atoms with van der Waals surface area (Å²) in [7, 11) is 0. The van der Waals surface area contributed by atoms with E-state index in [1.54, 1.807) is 6.20 Å². The summed E-state index contributed by atoms with van der Waals surface area (Å²) in [6, 6.07) is 11.6. The molecule has 1 aromatic heterocycles. The molecule has 4 heteroatoms. The minimum atomic E-state index is -0.0393. The molecule has 0 saturated heterocycles. The van der Waals surface area contributed by atoms with E-state index >= 15 is 0 Å². The van der Waals surface area contributed by atoms with Crippen molar-refractivity contribution < 1.29 is 4.79 Å². The van der Waals surface area contributed by atoms with Crippen molar-refractivity contribution in [3.63, 3.8) is 0 Å². The van der Waals surface area contributed by atoms with Crippen molar-refractivity contribution in [2.24, 2.45) is 0 Å². The quantitative estimate of drug-likeness (QED) is 0.853. The van der Waals surface area contributed by atoms with Gasteiger partial charge in [-0.1, -0.05) is 34.1 Å². The summed E-state index contributed by atoms with van der Waals surface area (Å²) in [6.07, 6.45) is 4.35. The molecule has 3 nitrogen and oxygen atoms in total. The van der Waals surface area contributed by atoms with Crippen LogP contribution in [0.2, 0.25) is 0 Å². The lowest BCUT2D eigenvalue weighted by atomic mass is 10.1. The molecular formula is C16H17BrN2O. The Balaban J connectivity index is 1.93. The summed E-state index contributed by atoms with van der Waals surface area (Å²) in [5.41, 5.74) is 2.97. The molecule has 0 aliphatic carbocycles. The first-order valence-electron chi connectivity index (χ1n) is 6.53. The van der Waals surface area contributed by atoms with Gasteiger partial charge in [-0.25, -0.2) is 0 Å². The maximum atomic E-state index is 12.1. The lowest BCUT2D eigenvalue weighted by molar-refractivity contribution is 0.0940. The molecule has 1 unspecified atom stereocenters. The molecular weight excluding hydrogens is 316 g/mol. The Labute approximate surface area is 127 Å². The van der Waals surface area contributed by atoms with Crippen molar-refractivity contribution in [2.75, 3.05) is 0 Å². The fourth-order valence-electron chi connectivity index (χ4n) is 1.98. The highest BCUT2D eigenvalue weighted by Crippen LogP contribution is 2.08. The lowest BCUT2D eigenvalue weighted by Crippen LogP contribution is -2.34. The molecule has 104 valence electrons. The van der Waals surface area contributed by atoms with E-state index in [9.17, 15) is 4.79 Å². The number of carbonyl (C=O) groups is 1. The number of pyridine rings is 1. The van der Waals surface area contributed by atoms with Crippen LogP contribution in [0, 0.1) is 0 Å². The highest BCUT2D eigenvalue weighted by atomic mass is 79.9. The summed E-state index contributed by atoms with van der Waals surface area (Å²) in [5, 5.41) is 3.80. The van der Waals surface area contributed by atoms with Crippen LogP contribution in [-0.2, 0) is 11.8 Å². The van der Waals surface area contributed by atoms with Crippen LogP contribution >= 0.6 is 15.9 Å². The summed E-state index contributed by atoms with van der Waals surface area (Å²) in [4.78, 5) is 16.2. The van der Waals surface area contributed by atoms with Gasteiger partial charge in [-0.05, 0) is 42.7 Å². The zero-order chi connectivity index (χ0) is 14.4. The molecule has 0 bridgehead atoms. The van der Waals surface area contributed by atoms with Gasteiger partial charge < -0.3 is 5.32 Å². The van der Waals surface area contributed by atoms with E-state index in [-0.39, 0.29) is 11.9 Å². The first-order valence-corrected chi connectivity index (χ1v) is 7.66. The average Bonchev–Trinajstić information content (AvgIpc) is 2.48. The van der Waals surface area contributed by atoms with Crippen LogP contribution in [0.3, 0.4) is 0 Å². The Bertz CT molecular complexity index is 554. The molecule has 0 aliphatic heterocycles. The molecule has 0 saturated carbocycles. The predicted octanol–water partition coefficient (Wildman–Crippen LogP) is 3.34. The molecule has 0 aliphatic rings. The Hall–Kier alpha value is -1.68. The van der Waals surface area contributed by atoms with E-state index in [1.165, 1.54) is 0 Å². The van der Waals surface area contributed by atoms with Crippen LogP contribution < -0.4 is 5.32 Å². The third kappa shape index (κ3) is 4.17. The molecule has 0 fully saturated rings. The van der Waals surface area contributed by atoms with Crippen LogP contribution in [0.1, 0.15) is 28.4 Å². The molecule has 0 radical (unpaired) electrons. The number of nitrogens with zero attached hydrogens (tertiary/aromatic N) is 1. The SMILES string of the molecule is CC(Cc1cccnc1)NC(=O)c1ccc(CBr)cc1. The van der Waals surface area contributed by atoms with Crippen molar-refractivity contribution in [1.82, 2.24) is 10.3 Å². The second-order valence-electron chi connectivity index (χ2n) is 4.77. The maximum Gasteiger partial charge on any atom is 0.251 e. The van der Waals surface area contributed by atoms with Gasteiger partial charge >= 0.3 is 0 Å². The van der Waals surface area contributed by atoms with Gasteiger partial charge in [0.05, 0.1) is 0 Å². The zero-order valence-electron chi connectivity index (χ0n) is 11.3. The normalized spacial score (nSPS) is 11.9. The van der Waals surface area contributed by atoms with Crippen molar-refractivity contribution in [3.05, 3.63) is 65.5 Å². The smallest absolute Gasteiger partial charge is 0.251 e. The second kappa shape index (κ2) is 7.20. The average molecular weight is 333 g/mol. The van der Waals surface area contributed by atoms with E-state index in [1.807, 2.05) is 49.5 Å². The number of hydrogen-bond donors (Lipinski definition) is 1. The fourth-order valence-corrected chi connectivity index (χ4v) is 2.35. The van der Waals surface area contributed by atoms with Crippen molar-refractivity contribution in [2.45, 2.75) is 24.7 Å². The molecule has 0 spiro atoms. The summed E-state index contributed by atoms with van der Waals surface area (Å²) < 4.78 is 0. The van der Waals surface area contributed by atoms with Gasteiger partial charge in [0.25, 0.3) is 5.91 Å². The summed E-state index contributed by atoms with van der Waals surface area (Å²) >= 11 is 3.39. The number of carbonyl (C=O) groups excluding carboxylic acids is 1. The van der Waals surface area contributed by atoms with Crippen molar-refractivity contribution >= 4 is 21.8 Å². The van der Waals surface area contributed by atoms with Crippen LogP contribution in [0.15, 0.2) is 48.8 Å². The number of halogens is 1. The minimum Gasteiger partial charge on any atom is -0.349 e. The van der Waals surface area contributed by atoms with Gasteiger partial charge in [0, 0.05) is 29.3 Å². The van der Waals surface area contributed by atoms with E-state index in [0.717, 1.165) is 22.9 Å². The van der Waals surface area contributed by atoms with Gasteiger partial charge in [0.1, 0.15) is 0 Å². The number of aromatic nitrogens is 1. The van der Waals surface area contributed by atoms with Crippen molar-refractivity contribution in [3.8, 4) is 0 Å². The third-order valence-electron chi connectivity index (χ3n) is 3.01. The first-order chi connectivity index (χ1) is 9.69. The monoisotopic (exact) mass is 332 g/mol. The Morgan fingerprint density at radius 2 is 2.00 bits per heavy atom. The third-order valence-corrected chi connectivity index (χ3v) is 3.66. The highest BCUT2D eigenvalue weighted by molar-refractivity contribution is 9.08. The topological polar surface area (TPSA) is 42.0 Å². The number of amides is 1. The van der Waals surface area contributed by atoms with Gasteiger partial charge in [-0.2, -0.15) is 0 Å². The van der Waals surface area contributed by atoms with Crippen LogP contribution in [0.25, 0.3) is 0 Å². The fraction of sp³-hybridized carbons (Fsp3) is 0.250. The van der Waals surface area contributed by atoms with Gasteiger partial charge in [-0.15, -0.1) is 0 Å². The van der Waals surface area contributed by atoms with Gasteiger partial charge in [-0.3, -0.25) is 9.78 Å². The zero-order valence-corrected chi connectivity index (χ0v) is 12.9. The standard InChI is InChI=1S/C16H17BrN2O/c1-12(9-14-3-2-8-18-11-14)19-16(20)15-6-4-13(10-17)5-7-15/h2-8,11-12H,9-10H2,1H3,(H,19,20). The van der Waals surface area contributed by atoms with E-state index in [0.29, 0.717) is 5.56 Å². The van der Waals surface area contributed by atoms with Crippen molar-refractivity contribution in [1.29, 1.82) is 0 Å². The molecule has 2 rings (SSSR count). The van der Waals surface area contributed by atoms with Gasteiger partial charge in [0.2, 0.25) is 0 Å². The Morgan fingerprint density at radius 1 is 1.25 bits per heavy atom. The number of alkyl halides is 1. The van der Waals surface area contributed by atoms with Crippen LogP contribution in [0.4, 0.5) is 0 Å². The predicted molar refractivity (Wildman–Crippen MR) is 83.9 cm³/mol. The van der Waals surface area contributed by atoms with Crippen LogP contribution in [0.5, 0.6) is 0 Å². The maximum absolute atomic E-state index is 12.1. The Morgan fingerprint density at radius 3 is 2.60 bits per heavy atom. The first kappa shape index (κ1) is 14.7. The molecule has 2 aromatic rings. The van der Waals surface area contributed by atoms with E-state index < -0.39 is 0 Å². The molecule has 1 atom stereocenters. The summed E-state index contributed by atoms with van der Waals surface area (Å²) in [5.74, 6) is -0.0393. The Kier molecular flexibility index (Phi) is 5.30. The summed E-state index contributed by atoms with van der Waals surface area (Å²) in [6.45, 7) is 2.00. The van der Waals surface area contributed by atoms with E-state index in [2.05, 4.69) is 26.2 Å². The molecule has 1 N–H and O–H groups in total. The molecule has 1 aromatic carbocycles. The second-order valence-corrected chi connectivity index (χ2v) is 5.33. The number of rotatable bonds is 5.